The van der Waals surface area contributed by atoms with Crippen LogP contribution in [0.1, 0.15) is 40.8 Å². The van der Waals surface area contributed by atoms with Crippen LogP contribution in [-0.2, 0) is 12.6 Å². The Kier molecular flexibility index (Phi) is 5.62. The molecular formula is C20H22F3NO3. The number of halogens is 3. The number of aliphatic hydroxyl groups excluding tert-OH is 1. The molecule has 0 spiro atoms. The molecule has 146 valence electrons. The monoisotopic (exact) mass is 381 g/mol. The Morgan fingerprint density at radius 3 is 2.33 bits per heavy atom. The average molecular weight is 381 g/mol. The second kappa shape index (κ2) is 7.78. The van der Waals surface area contributed by atoms with Crippen molar-refractivity contribution in [3.63, 3.8) is 0 Å². The fourth-order valence-corrected chi connectivity index (χ4v) is 3.43. The highest BCUT2D eigenvalue weighted by atomic mass is 19.4. The molecule has 2 N–H and O–H groups in total. The van der Waals surface area contributed by atoms with Crippen molar-refractivity contribution < 1.29 is 27.8 Å². The van der Waals surface area contributed by atoms with Gasteiger partial charge in [-0.2, -0.15) is 13.2 Å². The Balaban J connectivity index is 1.80. The molecule has 0 saturated heterocycles. The van der Waals surface area contributed by atoms with Gasteiger partial charge in [0.15, 0.2) is 11.5 Å². The fourth-order valence-electron chi connectivity index (χ4n) is 3.43. The Labute approximate surface area is 155 Å². The van der Waals surface area contributed by atoms with Crippen LogP contribution in [-0.4, -0.2) is 25.9 Å². The van der Waals surface area contributed by atoms with Gasteiger partial charge in [0.1, 0.15) is 0 Å². The van der Waals surface area contributed by atoms with E-state index in [-0.39, 0.29) is 6.04 Å². The van der Waals surface area contributed by atoms with Gasteiger partial charge in [-0.15, -0.1) is 0 Å². The van der Waals surface area contributed by atoms with Gasteiger partial charge in [0.2, 0.25) is 0 Å². The van der Waals surface area contributed by atoms with Crippen molar-refractivity contribution in [2.24, 2.45) is 0 Å². The van der Waals surface area contributed by atoms with Crippen LogP contribution >= 0.6 is 0 Å². The molecule has 0 radical (unpaired) electrons. The number of alkyl halides is 3. The molecule has 1 aliphatic heterocycles. The lowest BCUT2D eigenvalue weighted by atomic mass is 9.89. The molecule has 0 aliphatic carbocycles. The largest absolute Gasteiger partial charge is 0.493 e. The first-order valence-corrected chi connectivity index (χ1v) is 8.67. The third kappa shape index (κ3) is 4.20. The Morgan fingerprint density at radius 1 is 1.11 bits per heavy atom. The number of methoxy groups -OCH3 is 2. The molecule has 1 unspecified atom stereocenters. The quantitative estimate of drug-likeness (QED) is 0.821. The number of benzene rings is 2. The SMILES string of the molecule is COc1cc2c(cc1OC)[C@H](CC(O)c1ccc(C(F)(F)F)cc1)NCC2. The molecule has 0 amide bonds. The van der Waals surface area contributed by atoms with Crippen molar-refractivity contribution in [1.82, 2.24) is 5.32 Å². The van der Waals surface area contributed by atoms with E-state index in [2.05, 4.69) is 5.32 Å². The number of ether oxygens (including phenoxy) is 2. The second-order valence-electron chi connectivity index (χ2n) is 6.53. The predicted molar refractivity (Wildman–Crippen MR) is 95.0 cm³/mol. The molecule has 4 nitrogen and oxygen atoms in total. The zero-order valence-corrected chi connectivity index (χ0v) is 15.1. The van der Waals surface area contributed by atoms with Gasteiger partial charge in [-0.25, -0.2) is 0 Å². The van der Waals surface area contributed by atoms with E-state index in [1.807, 2.05) is 12.1 Å². The molecule has 1 aliphatic rings. The molecule has 2 atom stereocenters. The van der Waals surface area contributed by atoms with E-state index in [0.717, 1.165) is 36.2 Å². The topological polar surface area (TPSA) is 50.7 Å². The maximum Gasteiger partial charge on any atom is 0.416 e. The van der Waals surface area contributed by atoms with Crippen LogP contribution in [0, 0.1) is 0 Å². The molecule has 0 bridgehead atoms. The van der Waals surface area contributed by atoms with Gasteiger partial charge < -0.3 is 19.9 Å². The van der Waals surface area contributed by atoms with Gasteiger partial charge in [0.05, 0.1) is 25.9 Å². The first-order valence-electron chi connectivity index (χ1n) is 8.67. The average Bonchev–Trinajstić information content (AvgIpc) is 2.66. The molecule has 2 aromatic carbocycles. The summed E-state index contributed by atoms with van der Waals surface area (Å²) in [4.78, 5) is 0. The maximum absolute atomic E-state index is 12.7. The molecule has 1 heterocycles. The van der Waals surface area contributed by atoms with Crippen molar-refractivity contribution in [3.05, 3.63) is 58.7 Å². The highest BCUT2D eigenvalue weighted by Crippen LogP contribution is 2.38. The minimum Gasteiger partial charge on any atom is -0.493 e. The molecule has 7 heteroatoms. The zero-order chi connectivity index (χ0) is 19.6. The van der Waals surface area contributed by atoms with Crippen molar-refractivity contribution in [2.75, 3.05) is 20.8 Å². The Morgan fingerprint density at radius 2 is 1.74 bits per heavy atom. The minimum absolute atomic E-state index is 0.133. The molecule has 2 aromatic rings. The first-order chi connectivity index (χ1) is 12.8. The summed E-state index contributed by atoms with van der Waals surface area (Å²) in [6.07, 6.45) is -4.11. The van der Waals surface area contributed by atoms with Gasteiger partial charge in [-0.05, 0) is 60.3 Å². The van der Waals surface area contributed by atoms with Crippen LogP contribution in [0.25, 0.3) is 0 Å². The van der Waals surface area contributed by atoms with Crippen molar-refractivity contribution in [3.8, 4) is 11.5 Å². The lowest BCUT2D eigenvalue weighted by Crippen LogP contribution is -2.31. The van der Waals surface area contributed by atoms with E-state index in [0.29, 0.717) is 23.5 Å². The van der Waals surface area contributed by atoms with Crippen LogP contribution in [0.4, 0.5) is 13.2 Å². The van der Waals surface area contributed by atoms with E-state index in [1.54, 1.807) is 14.2 Å². The highest BCUT2D eigenvalue weighted by molar-refractivity contribution is 5.49. The van der Waals surface area contributed by atoms with Crippen molar-refractivity contribution in [1.29, 1.82) is 0 Å². The van der Waals surface area contributed by atoms with Gasteiger partial charge in [0.25, 0.3) is 0 Å². The van der Waals surface area contributed by atoms with E-state index in [4.69, 9.17) is 9.47 Å². The maximum atomic E-state index is 12.7. The Bertz CT molecular complexity index is 790. The number of hydrogen-bond donors (Lipinski definition) is 2. The van der Waals surface area contributed by atoms with E-state index in [1.165, 1.54) is 12.1 Å². The van der Waals surface area contributed by atoms with E-state index < -0.39 is 17.8 Å². The smallest absolute Gasteiger partial charge is 0.416 e. The number of fused-ring (bicyclic) bond motifs is 1. The zero-order valence-electron chi connectivity index (χ0n) is 15.1. The van der Waals surface area contributed by atoms with Gasteiger partial charge in [0, 0.05) is 6.04 Å². The number of hydrogen-bond acceptors (Lipinski definition) is 4. The van der Waals surface area contributed by atoms with Crippen LogP contribution < -0.4 is 14.8 Å². The number of nitrogens with one attached hydrogen (secondary N) is 1. The van der Waals surface area contributed by atoms with Crippen LogP contribution in [0.3, 0.4) is 0 Å². The van der Waals surface area contributed by atoms with Crippen molar-refractivity contribution >= 4 is 0 Å². The van der Waals surface area contributed by atoms with Crippen LogP contribution in [0.5, 0.6) is 11.5 Å². The van der Waals surface area contributed by atoms with Crippen LogP contribution in [0.15, 0.2) is 36.4 Å². The van der Waals surface area contributed by atoms with Gasteiger partial charge in [-0.3, -0.25) is 0 Å². The van der Waals surface area contributed by atoms with E-state index >= 15 is 0 Å². The summed E-state index contributed by atoms with van der Waals surface area (Å²) in [6, 6.07) is 8.34. The Hall–Kier alpha value is -2.25. The summed E-state index contributed by atoms with van der Waals surface area (Å²) in [5, 5.41) is 13.9. The summed E-state index contributed by atoms with van der Waals surface area (Å²) in [6.45, 7) is 0.743. The summed E-state index contributed by atoms with van der Waals surface area (Å²) >= 11 is 0. The molecule has 0 aromatic heterocycles. The summed E-state index contributed by atoms with van der Waals surface area (Å²) < 4.78 is 48.8. The molecule has 27 heavy (non-hydrogen) atoms. The van der Waals surface area contributed by atoms with Crippen LogP contribution in [0.2, 0.25) is 0 Å². The predicted octanol–water partition coefficient (Wildman–Crippen LogP) is 4.03. The summed E-state index contributed by atoms with van der Waals surface area (Å²) in [5.74, 6) is 1.26. The molecule has 3 rings (SSSR count). The third-order valence-corrected chi connectivity index (χ3v) is 4.89. The lowest BCUT2D eigenvalue weighted by Gasteiger charge is -2.29. The molecule has 0 saturated carbocycles. The summed E-state index contributed by atoms with van der Waals surface area (Å²) in [5.41, 5.74) is 1.84. The standard InChI is InChI=1S/C20H22F3NO3/c1-26-18-9-13-7-8-24-16(15(13)10-19(18)27-2)11-17(25)12-3-5-14(6-4-12)20(21,22)23/h3-6,9-10,16-17,24-25H,7-8,11H2,1-2H3/t16-,17?/m0/s1. The van der Waals surface area contributed by atoms with Gasteiger partial charge in [-0.1, -0.05) is 12.1 Å². The number of rotatable bonds is 5. The second-order valence-corrected chi connectivity index (χ2v) is 6.53. The number of aliphatic hydroxyl groups is 1. The molecular weight excluding hydrogens is 359 g/mol. The minimum atomic E-state index is -4.39. The van der Waals surface area contributed by atoms with Gasteiger partial charge >= 0.3 is 6.18 Å². The summed E-state index contributed by atoms with van der Waals surface area (Å²) in [7, 11) is 3.14. The van der Waals surface area contributed by atoms with E-state index in [9.17, 15) is 18.3 Å². The lowest BCUT2D eigenvalue weighted by molar-refractivity contribution is -0.137. The first kappa shape index (κ1) is 19.5. The highest BCUT2D eigenvalue weighted by Gasteiger charge is 2.30. The van der Waals surface area contributed by atoms with Crippen molar-refractivity contribution in [2.45, 2.75) is 31.2 Å². The normalized spacial score (nSPS) is 17.9. The fraction of sp³-hybridized carbons (Fsp3) is 0.400. The third-order valence-electron chi connectivity index (χ3n) is 4.89. The molecule has 0 fully saturated rings.